The Morgan fingerprint density at radius 2 is 1.89 bits per heavy atom. The average molecular weight is 373 g/mol. The third-order valence-corrected chi connectivity index (χ3v) is 4.41. The molecule has 0 saturated heterocycles. The summed E-state index contributed by atoms with van der Waals surface area (Å²) in [6.45, 7) is 9.63. The standard InChI is InChI=1S/C20H27N3O4/c1-5-23(6-2)11-10-21-18-15-12-14(19(24)26-4)8-9-17(15)22-13-16(18)20(25)27-7-3/h8-9,12-13H,5-7,10-11H2,1-4H3,(H,21,22). The number of nitrogens with zero attached hydrogens (tertiary/aromatic N) is 2. The highest BCUT2D eigenvalue weighted by Crippen LogP contribution is 2.28. The summed E-state index contributed by atoms with van der Waals surface area (Å²) in [4.78, 5) is 30.9. The normalized spacial score (nSPS) is 10.9. The van der Waals surface area contributed by atoms with Gasteiger partial charge in [0.25, 0.3) is 0 Å². The number of pyridine rings is 1. The van der Waals surface area contributed by atoms with Crippen LogP contribution in [0.15, 0.2) is 24.4 Å². The first-order chi connectivity index (χ1) is 13.0. The molecule has 7 heteroatoms. The number of fused-ring (bicyclic) bond motifs is 1. The van der Waals surface area contributed by atoms with E-state index in [0.717, 1.165) is 19.6 Å². The molecule has 146 valence electrons. The van der Waals surface area contributed by atoms with Crippen LogP contribution < -0.4 is 5.32 Å². The molecule has 0 bridgehead atoms. The van der Waals surface area contributed by atoms with Gasteiger partial charge in [-0.15, -0.1) is 0 Å². The maximum atomic E-state index is 12.4. The predicted octanol–water partition coefficient (Wildman–Crippen LogP) is 2.95. The second-order valence-electron chi connectivity index (χ2n) is 5.94. The second-order valence-corrected chi connectivity index (χ2v) is 5.94. The smallest absolute Gasteiger partial charge is 0.341 e. The van der Waals surface area contributed by atoms with E-state index in [1.54, 1.807) is 25.1 Å². The highest BCUT2D eigenvalue weighted by molar-refractivity contribution is 6.06. The fraction of sp³-hybridized carbons (Fsp3) is 0.450. The van der Waals surface area contributed by atoms with Crippen molar-refractivity contribution in [2.24, 2.45) is 0 Å². The van der Waals surface area contributed by atoms with E-state index in [-0.39, 0.29) is 6.61 Å². The number of esters is 2. The maximum absolute atomic E-state index is 12.4. The molecule has 0 atom stereocenters. The number of anilines is 1. The molecule has 1 aromatic carbocycles. The fourth-order valence-corrected chi connectivity index (χ4v) is 2.87. The molecule has 1 heterocycles. The summed E-state index contributed by atoms with van der Waals surface area (Å²) in [5.74, 6) is -0.881. The van der Waals surface area contributed by atoms with Gasteiger partial charge in [0.15, 0.2) is 0 Å². The molecule has 0 amide bonds. The Balaban J connectivity index is 2.46. The van der Waals surface area contributed by atoms with Gasteiger partial charge in [0.2, 0.25) is 0 Å². The third-order valence-electron chi connectivity index (χ3n) is 4.41. The summed E-state index contributed by atoms with van der Waals surface area (Å²) in [5, 5.41) is 4.03. The summed E-state index contributed by atoms with van der Waals surface area (Å²) in [7, 11) is 1.34. The van der Waals surface area contributed by atoms with E-state index < -0.39 is 11.9 Å². The van der Waals surface area contributed by atoms with Gasteiger partial charge < -0.3 is 19.7 Å². The lowest BCUT2D eigenvalue weighted by Crippen LogP contribution is -2.29. The van der Waals surface area contributed by atoms with Crippen molar-refractivity contribution in [1.29, 1.82) is 0 Å². The molecule has 0 spiro atoms. The minimum absolute atomic E-state index is 0.276. The zero-order valence-corrected chi connectivity index (χ0v) is 16.4. The van der Waals surface area contributed by atoms with Crippen LogP contribution in [0.2, 0.25) is 0 Å². The van der Waals surface area contributed by atoms with Crippen LogP contribution in [0.25, 0.3) is 10.9 Å². The number of carbonyl (C=O) groups is 2. The van der Waals surface area contributed by atoms with E-state index in [1.165, 1.54) is 13.3 Å². The van der Waals surface area contributed by atoms with Crippen LogP contribution in [0, 0.1) is 0 Å². The zero-order chi connectivity index (χ0) is 19.8. The van der Waals surface area contributed by atoms with Crippen molar-refractivity contribution in [2.75, 3.05) is 45.2 Å². The maximum Gasteiger partial charge on any atom is 0.341 e. The number of ether oxygens (including phenoxy) is 2. The molecule has 1 aromatic heterocycles. The molecule has 0 aliphatic carbocycles. The summed E-state index contributed by atoms with van der Waals surface area (Å²) in [5.41, 5.74) is 2.06. The van der Waals surface area contributed by atoms with Gasteiger partial charge in [-0.2, -0.15) is 0 Å². The van der Waals surface area contributed by atoms with Crippen molar-refractivity contribution in [2.45, 2.75) is 20.8 Å². The van der Waals surface area contributed by atoms with Gasteiger partial charge in [0, 0.05) is 24.7 Å². The molecule has 7 nitrogen and oxygen atoms in total. The van der Waals surface area contributed by atoms with Gasteiger partial charge in [0.05, 0.1) is 30.5 Å². The molecular weight excluding hydrogens is 346 g/mol. The van der Waals surface area contributed by atoms with E-state index in [2.05, 4.69) is 29.0 Å². The van der Waals surface area contributed by atoms with Gasteiger partial charge >= 0.3 is 11.9 Å². The van der Waals surface area contributed by atoms with E-state index in [0.29, 0.717) is 34.3 Å². The molecule has 0 aliphatic heterocycles. The van der Waals surface area contributed by atoms with Crippen molar-refractivity contribution in [3.8, 4) is 0 Å². The fourth-order valence-electron chi connectivity index (χ4n) is 2.87. The molecule has 27 heavy (non-hydrogen) atoms. The minimum Gasteiger partial charge on any atom is -0.465 e. The molecule has 1 N–H and O–H groups in total. The van der Waals surface area contributed by atoms with Crippen LogP contribution in [0.5, 0.6) is 0 Å². The van der Waals surface area contributed by atoms with Gasteiger partial charge in [-0.3, -0.25) is 4.98 Å². The zero-order valence-electron chi connectivity index (χ0n) is 16.4. The molecule has 0 aliphatic rings. The Morgan fingerprint density at radius 3 is 2.52 bits per heavy atom. The molecule has 2 aromatic rings. The predicted molar refractivity (Wildman–Crippen MR) is 105 cm³/mol. The number of aromatic nitrogens is 1. The molecule has 0 fully saturated rings. The van der Waals surface area contributed by atoms with Crippen molar-refractivity contribution in [3.05, 3.63) is 35.5 Å². The summed E-state index contributed by atoms with van der Waals surface area (Å²) in [6, 6.07) is 5.09. The Kier molecular flexibility index (Phi) is 7.55. The highest BCUT2D eigenvalue weighted by Gasteiger charge is 2.18. The number of carbonyl (C=O) groups excluding carboxylic acids is 2. The van der Waals surface area contributed by atoms with Crippen molar-refractivity contribution in [1.82, 2.24) is 9.88 Å². The number of rotatable bonds is 9. The largest absolute Gasteiger partial charge is 0.465 e. The lowest BCUT2D eigenvalue weighted by Gasteiger charge is -2.20. The van der Waals surface area contributed by atoms with Crippen molar-refractivity contribution >= 4 is 28.5 Å². The quantitative estimate of drug-likeness (QED) is 0.677. The van der Waals surface area contributed by atoms with Crippen LogP contribution in [0.4, 0.5) is 5.69 Å². The van der Waals surface area contributed by atoms with Crippen LogP contribution >= 0.6 is 0 Å². The first kappa shape index (κ1) is 20.6. The molecule has 0 saturated carbocycles. The summed E-state index contributed by atoms with van der Waals surface area (Å²) >= 11 is 0. The van der Waals surface area contributed by atoms with E-state index in [1.807, 2.05) is 0 Å². The lowest BCUT2D eigenvalue weighted by molar-refractivity contribution is 0.0526. The third kappa shape index (κ3) is 4.95. The number of benzene rings is 1. The Bertz CT molecular complexity index is 803. The minimum atomic E-state index is -0.444. The van der Waals surface area contributed by atoms with E-state index >= 15 is 0 Å². The molecule has 2 rings (SSSR count). The van der Waals surface area contributed by atoms with Crippen LogP contribution in [0.3, 0.4) is 0 Å². The number of hydrogen-bond donors (Lipinski definition) is 1. The topological polar surface area (TPSA) is 80.8 Å². The SMILES string of the molecule is CCOC(=O)c1cnc2ccc(C(=O)OC)cc2c1NCCN(CC)CC. The Morgan fingerprint density at radius 1 is 1.15 bits per heavy atom. The second kappa shape index (κ2) is 9.87. The average Bonchev–Trinajstić information content (AvgIpc) is 2.70. The summed E-state index contributed by atoms with van der Waals surface area (Å²) < 4.78 is 9.97. The first-order valence-corrected chi connectivity index (χ1v) is 9.20. The van der Waals surface area contributed by atoms with Crippen LogP contribution in [-0.4, -0.2) is 61.7 Å². The van der Waals surface area contributed by atoms with Crippen molar-refractivity contribution < 1.29 is 19.1 Å². The molecule has 0 radical (unpaired) electrons. The van der Waals surface area contributed by atoms with Gasteiger partial charge in [-0.1, -0.05) is 13.8 Å². The Hall–Kier alpha value is -2.67. The molecular formula is C20H27N3O4. The number of hydrogen-bond acceptors (Lipinski definition) is 7. The summed E-state index contributed by atoms with van der Waals surface area (Å²) in [6.07, 6.45) is 1.51. The van der Waals surface area contributed by atoms with Crippen LogP contribution in [-0.2, 0) is 9.47 Å². The monoisotopic (exact) mass is 373 g/mol. The highest BCUT2D eigenvalue weighted by atomic mass is 16.5. The van der Waals surface area contributed by atoms with Crippen LogP contribution in [0.1, 0.15) is 41.5 Å². The molecule has 0 unspecified atom stereocenters. The van der Waals surface area contributed by atoms with E-state index in [9.17, 15) is 9.59 Å². The van der Waals surface area contributed by atoms with E-state index in [4.69, 9.17) is 9.47 Å². The van der Waals surface area contributed by atoms with Gasteiger partial charge in [-0.05, 0) is 38.2 Å². The number of methoxy groups -OCH3 is 1. The Labute approximate surface area is 159 Å². The first-order valence-electron chi connectivity index (χ1n) is 9.20. The van der Waals surface area contributed by atoms with Crippen molar-refractivity contribution in [3.63, 3.8) is 0 Å². The van der Waals surface area contributed by atoms with Gasteiger partial charge in [-0.25, -0.2) is 9.59 Å². The number of likely N-dealkylation sites (N-methyl/N-ethyl adjacent to an activating group) is 1. The van der Waals surface area contributed by atoms with Gasteiger partial charge in [0.1, 0.15) is 5.56 Å². The number of nitrogens with one attached hydrogen (secondary N) is 1. The lowest BCUT2D eigenvalue weighted by atomic mass is 10.1.